The lowest BCUT2D eigenvalue weighted by Gasteiger charge is -2.14. The van der Waals surface area contributed by atoms with Crippen molar-refractivity contribution in [2.75, 3.05) is 26.4 Å². The van der Waals surface area contributed by atoms with Gasteiger partial charge < -0.3 is 10.5 Å². The van der Waals surface area contributed by atoms with Gasteiger partial charge in [0.1, 0.15) is 5.75 Å². The van der Waals surface area contributed by atoms with Crippen LogP contribution in [0.25, 0.3) is 0 Å². The van der Waals surface area contributed by atoms with Crippen LogP contribution in [0, 0.1) is 0 Å². The number of ether oxygens (including phenoxy) is 1. The molecule has 0 aromatic heterocycles. The number of likely N-dealkylation sites (N-methyl/N-ethyl adjacent to an activating group) is 1. The Kier molecular flexibility index (Phi) is 2.49. The second-order valence-electron chi connectivity index (χ2n) is 3.71. The Bertz CT molecular complexity index is 389. The van der Waals surface area contributed by atoms with Crippen LogP contribution in [-0.2, 0) is 0 Å². The van der Waals surface area contributed by atoms with Gasteiger partial charge in [0, 0.05) is 43.0 Å². The van der Waals surface area contributed by atoms with E-state index in [2.05, 4.69) is 5.10 Å². The van der Waals surface area contributed by atoms with Crippen LogP contribution >= 0.6 is 0 Å². The molecule has 4 nitrogen and oxygen atoms in total. The molecule has 4 heteroatoms. The molecule has 0 aliphatic carbocycles. The third-order valence-corrected chi connectivity index (χ3v) is 2.56. The maximum Gasteiger partial charge on any atom is 0.124 e. The molecular weight excluding hydrogens is 190 g/mol. The zero-order chi connectivity index (χ0) is 10.8. The Morgan fingerprint density at radius 2 is 2.33 bits per heavy atom. The molecule has 1 unspecified atom stereocenters. The van der Waals surface area contributed by atoms with Crippen LogP contribution < -0.4 is 10.5 Å². The maximum absolute atomic E-state index is 5.70. The van der Waals surface area contributed by atoms with Gasteiger partial charge in [0.05, 0.1) is 7.11 Å². The van der Waals surface area contributed by atoms with Crippen molar-refractivity contribution in [1.29, 1.82) is 0 Å². The molecule has 0 spiro atoms. The average molecular weight is 205 g/mol. The predicted octanol–water partition coefficient (Wildman–Crippen LogP) is 1.29. The second kappa shape index (κ2) is 3.81. The molecule has 1 aromatic carbocycles. The molecule has 1 atom stereocenters. The van der Waals surface area contributed by atoms with Gasteiger partial charge in [-0.2, -0.15) is 5.10 Å². The highest BCUT2D eigenvalue weighted by Crippen LogP contribution is 2.30. The van der Waals surface area contributed by atoms with E-state index >= 15 is 0 Å². The third kappa shape index (κ3) is 1.88. The smallest absolute Gasteiger partial charge is 0.124 e. The van der Waals surface area contributed by atoms with Gasteiger partial charge in [-0.1, -0.05) is 6.07 Å². The van der Waals surface area contributed by atoms with Crippen molar-refractivity contribution in [1.82, 2.24) is 5.01 Å². The molecule has 2 rings (SSSR count). The summed E-state index contributed by atoms with van der Waals surface area (Å²) in [4.78, 5) is 0. The Balaban J connectivity index is 2.32. The first-order chi connectivity index (χ1) is 7.20. The van der Waals surface area contributed by atoms with Crippen molar-refractivity contribution in [3.63, 3.8) is 0 Å². The number of nitrogens with two attached hydrogens (primary N) is 1. The van der Waals surface area contributed by atoms with Gasteiger partial charge >= 0.3 is 0 Å². The number of hydrogen-bond donors (Lipinski definition) is 1. The molecule has 0 radical (unpaired) electrons. The Morgan fingerprint density at radius 1 is 1.53 bits per heavy atom. The minimum absolute atomic E-state index is 0.297. The Hall–Kier alpha value is -1.71. The van der Waals surface area contributed by atoms with E-state index in [1.54, 1.807) is 7.11 Å². The number of methoxy groups -OCH3 is 1. The first-order valence-corrected chi connectivity index (χ1v) is 4.89. The van der Waals surface area contributed by atoms with Crippen molar-refractivity contribution in [3.05, 3.63) is 23.8 Å². The summed E-state index contributed by atoms with van der Waals surface area (Å²) in [6, 6.07) is 5.75. The zero-order valence-electron chi connectivity index (χ0n) is 8.97. The summed E-state index contributed by atoms with van der Waals surface area (Å²) >= 11 is 0. The van der Waals surface area contributed by atoms with Crippen molar-refractivity contribution < 1.29 is 4.74 Å². The minimum atomic E-state index is 0.297. The molecule has 80 valence electrons. The predicted molar refractivity (Wildman–Crippen MR) is 61.3 cm³/mol. The summed E-state index contributed by atoms with van der Waals surface area (Å²) in [6.07, 6.45) is 1.94. The molecule has 2 N–H and O–H groups in total. The normalized spacial score (nSPS) is 19.6. The fraction of sp³-hybridized carbons (Fsp3) is 0.364. The Labute approximate surface area is 89.3 Å². The first kappa shape index (κ1) is 9.83. The van der Waals surface area contributed by atoms with Crippen LogP contribution in [0.3, 0.4) is 0 Å². The fourth-order valence-corrected chi connectivity index (χ4v) is 1.79. The lowest BCUT2D eigenvalue weighted by Crippen LogP contribution is -2.12. The van der Waals surface area contributed by atoms with Crippen LogP contribution in [0.5, 0.6) is 5.75 Å². The Morgan fingerprint density at radius 3 is 2.93 bits per heavy atom. The number of nitrogens with zero attached hydrogens (tertiary/aromatic N) is 2. The molecule has 0 saturated heterocycles. The van der Waals surface area contributed by atoms with E-state index < -0.39 is 0 Å². The zero-order valence-corrected chi connectivity index (χ0v) is 8.97. The monoisotopic (exact) mass is 205 g/mol. The number of hydrogen-bond acceptors (Lipinski definition) is 4. The van der Waals surface area contributed by atoms with Gasteiger partial charge in [0.15, 0.2) is 0 Å². The van der Waals surface area contributed by atoms with E-state index in [1.165, 1.54) is 0 Å². The molecule has 0 saturated carbocycles. The lowest BCUT2D eigenvalue weighted by atomic mass is 9.99. The third-order valence-electron chi connectivity index (χ3n) is 2.56. The number of hydrazone groups is 1. The molecule has 1 aliphatic heterocycles. The molecular formula is C11H15N3O. The van der Waals surface area contributed by atoms with Crippen molar-refractivity contribution >= 4 is 11.9 Å². The van der Waals surface area contributed by atoms with Gasteiger partial charge in [0.2, 0.25) is 0 Å². The van der Waals surface area contributed by atoms with Crippen LogP contribution in [0.4, 0.5) is 5.69 Å². The van der Waals surface area contributed by atoms with Gasteiger partial charge in [-0.3, -0.25) is 5.01 Å². The second-order valence-corrected chi connectivity index (χ2v) is 3.71. The van der Waals surface area contributed by atoms with E-state index in [1.807, 2.05) is 36.5 Å². The van der Waals surface area contributed by atoms with E-state index in [0.717, 1.165) is 23.5 Å². The summed E-state index contributed by atoms with van der Waals surface area (Å²) in [5.41, 5.74) is 7.56. The van der Waals surface area contributed by atoms with Gasteiger partial charge in [0.25, 0.3) is 0 Å². The fourth-order valence-electron chi connectivity index (χ4n) is 1.79. The summed E-state index contributed by atoms with van der Waals surface area (Å²) in [5, 5.41) is 6.13. The number of anilines is 1. The molecule has 0 fully saturated rings. The van der Waals surface area contributed by atoms with Crippen LogP contribution in [0.2, 0.25) is 0 Å². The summed E-state index contributed by atoms with van der Waals surface area (Å²) in [7, 11) is 3.62. The molecule has 0 bridgehead atoms. The minimum Gasteiger partial charge on any atom is -0.496 e. The SMILES string of the molecule is COc1cc(N)ccc1C1C=NN(C)C1. The summed E-state index contributed by atoms with van der Waals surface area (Å²) in [6.45, 7) is 0.889. The van der Waals surface area contributed by atoms with E-state index in [-0.39, 0.29) is 0 Å². The average Bonchev–Trinajstić information content (AvgIpc) is 2.64. The van der Waals surface area contributed by atoms with Crippen molar-refractivity contribution in [2.24, 2.45) is 5.10 Å². The van der Waals surface area contributed by atoms with E-state index in [4.69, 9.17) is 10.5 Å². The largest absolute Gasteiger partial charge is 0.496 e. The molecule has 15 heavy (non-hydrogen) atoms. The van der Waals surface area contributed by atoms with Crippen LogP contribution in [-0.4, -0.2) is 31.9 Å². The van der Waals surface area contributed by atoms with Crippen molar-refractivity contribution in [2.45, 2.75) is 5.92 Å². The number of nitrogen functional groups attached to an aromatic ring is 1. The highest BCUT2D eigenvalue weighted by atomic mass is 16.5. The van der Waals surface area contributed by atoms with Gasteiger partial charge in [-0.25, -0.2) is 0 Å². The summed E-state index contributed by atoms with van der Waals surface area (Å²) in [5.74, 6) is 1.13. The molecule has 1 aromatic rings. The highest BCUT2D eigenvalue weighted by Gasteiger charge is 2.20. The van der Waals surface area contributed by atoms with Crippen molar-refractivity contribution in [3.8, 4) is 5.75 Å². The standard InChI is InChI=1S/C11H15N3O/c1-14-7-8(6-13-14)10-4-3-9(12)5-11(10)15-2/h3-6,8H,7,12H2,1-2H3. The van der Waals surface area contributed by atoms with E-state index in [9.17, 15) is 0 Å². The molecule has 0 amide bonds. The van der Waals surface area contributed by atoms with E-state index in [0.29, 0.717) is 5.92 Å². The maximum atomic E-state index is 5.70. The summed E-state index contributed by atoms with van der Waals surface area (Å²) < 4.78 is 5.31. The molecule has 1 heterocycles. The quantitative estimate of drug-likeness (QED) is 0.740. The molecule has 1 aliphatic rings. The van der Waals surface area contributed by atoms with Gasteiger partial charge in [-0.15, -0.1) is 0 Å². The first-order valence-electron chi connectivity index (χ1n) is 4.89. The van der Waals surface area contributed by atoms with Crippen LogP contribution in [0.15, 0.2) is 23.3 Å². The lowest BCUT2D eigenvalue weighted by molar-refractivity contribution is 0.373. The number of benzene rings is 1. The van der Waals surface area contributed by atoms with Crippen LogP contribution in [0.1, 0.15) is 11.5 Å². The topological polar surface area (TPSA) is 50.9 Å². The highest BCUT2D eigenvalue weighted by molar-refractivity contribution is 5.72. The van der Waals surface area contributed by atoms with Gasteiger partial charge in [-0.05, 0) is 6.07 Å². The number of rotatable bonds is 2.